The van der Waals surface area contributed by atoms with Crippen molar-refractivity contribution >= 4 is 0 Å². The molecule has 1 fully saturated rings. The number of rotatable bonds is 8. The largest absolute Gasteiger partial charge is 0.411 e. The lowest BCUT2D eigenvalue weighted by Gasteiger charge is -2.38. The van der Waals surface area contributed by atoms with Crippen LogP contribution in [-0.4, -0.2) is 33.0 Å². The molecular weight excluding hydrogens is 279 g/mol. The summed E-state index contributed by atoms with van der Waals surface area (Å²) in [6, 6.07) is 0. The van der Waals surface area contributed by atoms with E-state index in [1.54, 1.807) is 0 Å². The molecular formula is C16H30F3NO. The minimum atomic E-state index is -4.21. The van der Waals surface area contributed by atoms with E-state index in [-0.39, 0.29) is 6.61 Å². The van der Waals surface area contributed by atoms with Gasteiger partial charge in [-0.3, -0.25) is 0 Å². The monoisotopic (exact) mass is 309 g/mol. The van der Waals surface area contributed by atoms with Crippen LogP contribution in [0, 0.1) is 23.7 Å². The average Bonchev–Trinajstić information content (AvgIpc) is 2.38. The first-order valence-corrected chi connectivity index (χ1v) is 8.12. The van der Waals surface area contributed by atoms with Gasteiger partial charge >= 0.3 is 6.18 Å². The van der Waals surface area contributed by atoms with Gasteiger partial charge in [0.15, 0.2) is 0 Å². The van der Waals surface area contributed by atoms with Gasteiger partial charge in [0.1, 0.15) is 6.61 Å². The first-order valence-electron chi connectivity index (χ1n) is 8.12. The number of ether oxygens (including phenoxy) is 1. The van der Waals surface area contributed by atoms with E-state index in [9.17, 15) is 13.2 Å². The minimum absolute atomic E-state index is 0.217. The summed E-state index contributed by atoms with van der Waals surface area (Å²) in [5.74, 6) is 2.74. The maximum atomic E-state index is 12.0. The molecule has 0 saturated heterocycles. The van der Waals surface area contributed by atoms with E-state index in [4.69, 9.17) is 4.74 Å². The standard InChI is InChI=1S/C16H30F3NO/c1-12(2)13-6-7-15(10-20-3)14(9-13)5-4-8-21-11-16(17,18)19/h12-15,20H,4-11H2,1-3H3. The Morgan fingerprint density at radius 1 is 1.19 bits per heavy atom. The molecule has 21 heavy (non-hydrogen) atoms. The molecule has 1 saturated carbocycles. The molecule has 1 rings (SSSR count). The van der Waals surface area contributed by atoms with Crippen LogP contribution in [0.25, 0.3) is 0 Å². The van der Waals surface area contributed by atoms with Crippen LogP contribution in [0.3, 0.4) is 0 Å². The maximum Gasteiger partial charge on any atom is 0.411 e. The van der Waals surface area contributed by atoms with E-state index in [2.05, 4.69) is 19.2 Å². The van der Waals surface area contributed by atoms with E-state index in [1.807, 2.05) is 7.05 Å². The van der Waals surface area contributed by atoms with Crippen LogP contribution < -0.4 is 5.32 Å². The third-order valence-corrected chi connectivity index (χ3v) is 4.72. The summed E-state index contributed by atoms with van der Waals surface area (Å²) in [6.45, 7) is 4.65. The second-order valence-corrected chi connectivity index (χ2v) is 6.70. The fourth-order valence-electron chi connectivity index (χ4n) is 3.49. The Balaban J connectivity index is 2.33. The number of nitrogens with one attached hydrogen (secondary N) is 1. The normalized spacial score (nSPS) is 27.3. The fourth-order valence-corrected chi connectivity index (χ4v) is 3.49. The van der Waals surface area contributed by atoms with Crippen LogP contribution in [0.5, 0.6) is 0 Å². The van der Waals surface area contributed by atoms with Gasteiger partial charge in [-0.05, 0) is 69.4 Å². The lowest BCUT2D eigenvalue weighted by atomic mass is 9.69. The molecule has 0 radical (unpaired) electrons. The predicted octanol–water partition coefficient (Wildman–Crippen LogP) is 4.25. The highest BCUT2D eigenvalue weighted by molar-refractivity contribution is 4.82. The summed E-state index contributed by atoms with van der Waals surface area (Å²) in [5.41, 5.74) is 0. The third kappa shape index (κ3) is 7.50. The molecule has 3 unspecified atom stereocenters. The second kappa shape index (κ2) is 8.99. The Bertz CT molecular complexity index is 281. The van der Waals surface area contributed by atoms with Crippen LogP contribution in [0.4, 0.5) is 13.2 Å². The van der Waals surface area contributed by atoms with Gasteiger partial charge in [0.2, 0.25) is 0 Å². The van der Waals surface area contributed by atoms with Crippen molar-refractivity contribution in [1.82, 2.24) is 5.32 Å². The molecule has 0 heterocycles. The Hall–Kier alpha value is -0.290. The van der Waals surface area contributed by atoms with Gasteiger partial charge in [-0.1, -0.05) is 13.8 Å². The summed E-state index contributed by atoms with van der Waals surface area (Å²) in [5, 5.41) is 3.25. The van der Waals surface area contributed by atoms with E-state index in [0.717, 1.165) is 25.3 Å². The molecule has 126 valence electrons. The molecule has 0 bridgehead atoms. The van der Waals surface area contributed by atoms with Crippen molar-refractivity contribution < 1.29 is 17.9 Å². The SMILES string of the molecule is CNCC1CCC(C(C)C)CC1CCCOCC(F)(F)F. The van der Waals surface area contributed by atoms with Gasteiger partial charge in [0.05, 0.1) is 0 Å². The van der Waals surface area contributed by atoms with Gasteiger partial charge in [-0.15, -0.1) is 0 Å². The predicted molar refractivity (Wildman–Crippen MR) is 79.2 cm³/mol. The molecule has 0 aromatic heterocycles. The van der Waals surface area contributed by atoms with Crippen molar-refractivity contribution in [2.45, 2.75) is 52.1 Å². The van der Waals surface area contributed by atoms with Crippen molar-refractivity contribution in [3.63, 3.8) is 0 Å². The molecule has 0 spiro atoms. The van der Waals surface area contributed by atoms with Gasteiger partial charge in [0.25, 0.3) is 0 Å². The molecule has 2 nitrogen and oxygen atoms in total. The smallest absolute Gasteiger partial charge is 0.372 e. The molecule has 1 aliphatic carbocycles. The second-order valence-electron chi connectivity index (χ2n) is 6.70. The lowest BCUT2D eigenvalue weighted by molar-refractivity contribution is -0.174. The summed E-state index contributed by atoms with van der Waals surface area (Å²) in [7, 11) is 1.97. The van der Waals surface area contributed by atoms with Crippen LogP contribution >= 0.6 is 0 Å². The first kappa shape index (κ1) is 18.8. The maximum absolute atomic E-state index is 12.0. The van der Waals surface area contributed by atoms with Crippen molar-refractivity contribution in [2.75, 3.05) is 26.8 Å². The molecule has 0 aromatic rings. The van der Waals surface area contributed by atoms with Crippen molar-refractivity contribution in [3.05, 3.63) is 0 Å². The van der Waals surface area contributed by atoms with E-state index in [1.165, 1.54) is 19.3 Å². The van der Waals surface area contributed by atoms with Gasteiger partial charge in [0, 0.05) is 6.61 Å². The van der Waals surface area contributed by atoms with Gasteiger partial charge < -0.3 is 10.1 Å². The molecule has 3 atom stereocenters. The zero-order chi connectivity index (χ0) is 15.9. The Labute approximate surface area is 126 Å². The topological polar surface area (TPSA) is 21.3 Å². The third-order valence-electron chi connectivity index (χ3n) is 4.72. The summed E-state index contributed by atoms with van der Waals surface area (Å²) >= 11 is 0. The highest BCUT2D eigenvalue weighted by Crippen LogP contribution is 2.39. The number of hydrogen-bond acceptors (Lipinski definition) is 2. The first-order chi connectivity index (χ1) is 9.83. The molecule has 0 amide bonds. The molecule has 0 aliphatic heterocycles. The molecule has 1 N–H and O–H groups in total. The lowest BCUT2D eigenvalue weighted by Crippen LogP contribution is -2.33. The minimum Gasteiger partial charge on any atom is -0.372 e. The average molecular weight is 309 g/mol. The Kier molecular flexibility index (Phi) is 8.03. The zero-order valence-electron chi connectivity index (χ0n) is 13.5. The number of halogens is 3. The zero-order valence-corrected chi connectivity index (χ0v) is 13.5. The summed E-state index contributed by atoms with van der Waals surface area (Å²) < 4.78 is 40.7. The molecule has 1 aliphatic rings. The van der Waals surface area contributed by atoms with E-state index >= 15 is 0 Å². The fraction of sp³-hybridized carbons (Fsp3) is 1.00. The van der Waals surface area contributed by atoms with Crippen LogP contribution in [0.15, 0.2) is 0 Å². The Morgan fingerprint density at radius 3 is 2.48 bits per heavy atom. The number of hydrogen-bond donors (Lipinski definition) is 1. The number of alkyl halides is 3. The quantitative estimate of drug-likeness (QED) is 0.677. The van der Waals surface area contributed by atoms with Crippen molar-refractivity contribution in [1.29, 1.82) is 0 Å². The van der Waals surface area contributed by atoms with Gasteiger partial charge in [-0.25, -0.2) is 0 Å². The van der Waals surface area contributed by atoms with Crippen LogP contribution in [0.1, 0.15) is 46.0 Å². The summed E-state index contributed by atoms with van der Waals surface area (Å²) in [4.78, 5) is 0. The van der Waals surface area contributed by atoms with Crippen LogP contribution in [-0.2, 0) is 4.74 Å². The van der Waals surface area contributed by atoms with Crippen LogP contribution in [0.2, 0.25) is 0 Å². The summed E-state index contributed by atoms with van der Waals surface area (Å²) in [6.07, 6.45) is 1.23. The molecule has 5 heteroatoms. The molecule has 0 aromatic carbocycles. The van der Waals surface area contributed by atoms with E-state index in [0.29, 0.717) is 17.8 Å². The van der Waals surface area contributed by atoms with Crippen molar-refractivity contribution in [2.24, 2.45) is 23.7 Å². The Morgan fingerprint density at radius 2 is 1.90 bits per heavy atom. The highest BCUT2D eigenvalue weighted by Gasteiger charge is 2.31. The van der Waals surface area contributed by atoms with E-state index < -0.39 is 12.8 Å². The van der Waals surface area contributed by atoms with Crippen molar-refractivity contribution in [3.8, 4) is 0 Å². The van der Waals surface area contributed by atoms with Gasteiger partial charge in [-0.2, -0.15) is 13.2 Å². The highest BCUT2D eigenvalue weighted by atomic mass is 19.4.